The van der Waals surface area contributed by atoms with E-state index >= 15 is 0 Å². The van der Waals surface area contributed by atoms with Gasteiger partial charge in [0.15, 0.2) is 0 Å². The third-order valence-corrected chi connectivity index (χ3v) is 7.03. The van der Waals surface area contributed by atoms with Crippen molar-refractivity contribution in [1.82, 2.24) is 9.62 Å². The van der Waals surface area contributed by atoms with Crippen LogP contribution in [0.2, 0.25) is 5.02 Å². The second-order valence-corrected chi connectivity index (χ2v) is 9.39. The monoisotopic (exact) mass is 464 g/mol. The van der Waals surface area contributed by atoms with E-state index in [-0.39, 0.29) is 46.4 Å². The number of β-amino-alcohol motifs (C(OH)–C–C–N with tert-alkyl or cyclic N) is 1. The molecule has 0 amide bonds. The first-order valence-electron chi connectivity index (χ1n) is 9.07. The van der Waals surface area contributed by atoms with Crippen molar-refractivity contribution in [2.75, 3.05) is 26.7 Å². The number of sulfonamides is 1. The minimum atomic E-state index is -4.16. The van der Waals surface area contributed by atoms with E-state index in [4.69, 9.17) is 21.6 Å². The molecule has 2 aromatic rings. The number of hydrogen-bond donors (Lipinski definition) is 2. The highest BCUT2D eigenvalue weighted by atomic mass is 35.5. The third kappa shape index (κ3) is 4.49. The van der Waals surface area contributed by atoms with Gasteiger partial charge in [0.1, 0.15) is 40.3 Å². The largest absolute Gasteiger partial charge is 0.486 e. The van der Waals surface area contributed by atoms with Crippen molar-refractivity contribution in [3.05, 3.63) is 58.4 Å². The highest BCUT2D eigenvalue weighted by molar-refractivity contribution is 7.89. The van der Waals surface area contributed by atoms with Crippen LogP contribution in [0.1, 0.15) is 11.1 Å². The van der Waals surface area contributed by atoms with Crippen LogP contribution in [0.4, 0.5) is 4.39 Å². The van der Waals surface area contributed by atoms with Gasteiger partial charge in [-0.15, -0.1) is 0 Å². The third-order valence-electron chi connectivity index (χ3n) is 4.92. The Hall–Kier alpha value is -2.73. The zero-order chi connectivity index (χ0) is 22.8. The molecule has 0 aromatic heterocycles. The maximum absolute atomic E-state index is 13.9. The Labute approximate surface area is 184 Å². The molecule has 2 atom stereocenters. The van der Waals surface area contributed by atoms with Crippen LogP contribution in [0.25, 0.3) is 0 Å². The lowest BCUT2D eigenvalue weighted by molar-refractivity contribution is -0.0250. The van der Waals surface area contributed by atoms with Crippen LogP contribution in [0.3, 0.4) is 0 Å². The van der Waals surface area contributed by atoms with Crippen molar-refractivity contribution >= 4 is 21.6 Å². The molecule has 3 rings (SSSR count). The highest BCUT2D eigenvalue weighted by Gasteiger charge is 2.51. The summed E-state index contributed by atoms with van der Waals surface area (Å²) in [6.07, 6.45) is -1.04. The number of hydrogen-bond acceptors (Lipinski definition) is 7. The van der Waals surface area contributed by atoms with Gasteiger partial charge in [-0.25, -0.2) is 12.8 Å². The fraction of sp³-hybridized carbons (Fsp3) is 0.300. The van der Waals surface area contributed by atoms with Crippen LogP contribution in [-0.4, -0.2) is 56.2 Å². The van der Waals surface area contributed by atoms with Crippen molar-refractivity contribution in [3.8, 4) is 17.9 Å². The molecule has 1 aliphatic heterocycles. The van der Waals surface area contributed by atoms with Gasteiger partial charge in [-0.2, -0.15) is 14.8 Å². The fourth-order valence-corrected chi connectivity index (χ4v) is 5.21. The number of nitrogens with zero attached hydrogens (tertiary/aromatic N) is 3. The van der Waals surface area contributed by atoms with E-state index in [9.17, 15) is 23.2 Å². The number of nitriles is 2. The quantitative estimate of drug-likeness (QED) is 0.665. The van der Waals surface area contributed by atoms with Gasteiger partial charge in [-0.1, -0.05) is 11.6 Å². The van der Waals surface area contributed by atoms with Crippen LogP contribution in [0.5, 0.6) is 5.75 Å². The molecule has 0 unspecified atom stereocenters. The van der Waals surface area contributed by atoms with Crippen molar-refractivity contribution in [2.24, 2.45) is 0 Å². The Balaban J connectivity index is 1.94. The Morgan fingerprint density at radius 3 is 2.61 bits per heavy atom. The molecule has 0 spiro atoms. The molecule has 1 heterocycles. The summed E-state index contributed by atoms with van der Waals surface area (Å²) in [5, 5.41) is 32.3. The van der Waals surface area contributed by atoms with Gasteiger partial charge in [0, 0.05) is 24.2 Å². The number of aliphatic hydroxyl groups is 1. The van der Waals surface area contributed by atoms with E-state index in [1.165, 1.54) is 30.3 Å². The molecule has 2 aromatic carbocycles. The molecule has 1 aliphatic rings. The van der Waals surface area contributed by atoms with Crippen molar-refractivity contribution in [3.63, 3.8) is 0 Å². The molecule has 0 aliphatic carbocycles. The molecular formula is C20H18ClFN4O4S. The van der Waals surface area contributed by atoms with E-state index in [1.54, 1.807) is 13.1 Å². The summed E-state index contributed by atoms with van der Waals surface area (Å²) < 4.78 is 47.1. The minimum Gasteiger partial charge on any atom is -0.486 e. The minimum absolute atomic E-state index is 0.00578. The first kappa shape index (κ1) is 22.9. The maximum Gasteiger partial charge on any atom is 0.244 e. The van der Waals surface area contributed by atoms with Crippen LogP contribution < -0.4 is 10.1 Å². The first-order chi connectivity index (χ1) is 14.6. The summed E-state index contributed by atoms with van der Waals surface area (Å²) in [6, 6.07) is 11.0. The van der Waals surface area contributed by atoms with Crippen LogP contribution in [0.15, 0.2) is 41.3 Å². The molecule has 162 valence electrons. The molecule has 11 heteroatoms. The Morgan fingerprint density at radius 1 is 1.29 bits per heavy atom. The Bertz CT molecular complexity index is 1190. The van der Waals surface area contributed by atoms with Gasteiger partial charge in [0.2, 0.25) is 10.0 Å². The second-order valence-electron chi connectivity index (χ2n) is 7.04. The van der Waals surface area contributed by atoms with E-state index in [0.29, 0.717) is 0 Å². The molecule has 2 N–H and O–H groups in total. The smallest absolute Gasteiger partial charge is 0.244 e. The number of likely N-dealkylation sites (N-methyl/N-ethyl adjacent to an activating group) is 1. The summed E-state index contributed by atoms with van der Waals surface area (Å²) in [5.74, 6) is -0.751. The molecule has 0 saturated carbocycles. The second kappa shape index (κ2) is 8.79. The van der Waals surface area contributed by atoms with Gasteiger partial charge in [0.05, 0.1) is 17.7 Å². The van der Waals surface area contributed by atoms with Crippen molar-refractivity contribution in [1.29, 1.82) is 10.5 Å². The average Bonchev–Trinajstić information content (AvgIpc) is 3.05. The molecule has 0 radical (unpaired) electrons. The number of rotatable bonds is 6. The number of nitrogens with one attached hydrogen (secondary N) is 1. The molecule has 1 saturated heterocycles. The Morgan fingerprint density at radius 2 is 2.00 bits per heavy atom. The average molecular weight is 465 g/mol. The first-order valence-corrected chi connectivity index (χ1v) is 10.9. The van der Waals surface area contributed by atoms with Crippen LogP contribution in [0, 0.1) is 28.5 Å². The standard InChI is InChI=1S/C20H18ClFN4O4S/c1-25-11-20(27)12-26(31(28,29)18-5-3-15(21)6-14(18)9-24)10-19(20)30-16-4-2-13(8-23)17(22)7-16/h2-7,19,25,27H,10-12H2,1H3/t19-,20+/m0/s1. The van der Waals surface area contributed by atoms with Gasteiger partial charge in [-0.3, -0.25) is 0 Å². The number of benzene rings is 2. The normalized spacial score (nSPS) is 21.4. The lowest BCUT2D eigenvalue weighted by Crippen LogP contribution is -2.51. The summed E-state index contributed by atoms with van der Waals surface area (Å²) in [4.78, 5) is -0.240. The van der Waals surface area contributed by atoms with Crippen molar-refractivity contribution < 1.29 is 22.7 Å². The topological polar surface area (TPSA) is 126 Å². The summed E-state index contributed by atoms with van der Waals surface area (Å²) in [7, 11) is -2.58. The molecule has 8 nitrogen and oxygen atoms in total. The lowest BCUT2D eigenvalue weighted by Gasteiger charge is -2.29. The van der Waals surface area contributed by atoms with E-state index in [0.717, 1.165) is 10.4 Å². The predicted octanol–water partition coefficient (Wildman–Crippen LogP) is 1.62. The van der Waals surface area contributed by atoms with Gasteiger partial charge in [-0.05, 0) is 37.4 Å². The predicted molar refractivity (Wildman–Crippen MR) is 109 cm³/mol. The highest BCUT2D eigenvalue weighted by Crippen LogP contribution is 2.32. The molecule has 31 heavy (non-hydrogen) atoms. The fourth-order valence-electron chi connectivity index (χ4n) is 3.41. The van der Waals surface area contributed by atoms with Crippen LogP contribution >= 0.6 is 11.6 Å². The summed E-state index contributed by atoms with van der Waals surface area (Å²) >= 11 is 5.86. The zero-order valence-corrected chi connectivity index (χ0v) is 17.9. The van der Waals surface area contributed by atoms with Crippen molar-refractivity contribution in [2.45, 2.75) is 16.6 Å². The number of ether oxygens (including phenoxy) is 1. The van der Waals surface area contributed by atoms with Gasteiger partial charge in [0.25, 0.3) is 0 Å². The van der Waals surface area contributed by atoms with Crippen LogP contribution in [-0.2, 0) is 10.0 Å². The number of halogens is 2. The maximum atomic E-state index is 13.9. The zero-order valence-electron chi connectivity index (χ0n) is 16.3. The lowest BCUT2D eigenvalue weighted by atomic mass is 10.0. The SMILES string of the molecule is CNC[C@@]1(O)CN(S(=O)(=O)c2ccc(Cl)cc2C#N)C[C@@H]1Oc1ccc(C#N)c(F)c1. The van der Waals surface area contributed by atoms with E-state index in [1.807, 2.05) is 6.07 Å². The van der Waals surface area contributed by atoms with Gasteiger partial charge < -0.3 is 15.2 Å². The molecule has 1 fully saturated rings. The van der Waals surface area contributed by atoms with E-state index in [2.05, 4.69) is 5.32 Å². The summed E-state index contributed by atoms with van der Waals surface area (Å²) in [5.41, 5.74) is -1.92. The van der Waals surface area contributed by atoms with E-state index < -0.39 is 27.5 Å². The molecule has 0 bridgehead atoms. The van der Waals surface area contributed by atoms with Gasteiger partial charge >= 0.3 is 0 Å². The summed E-state index contributed by atoms with van der Waals surface area (Å²) in [6.45, 7) is -0.559. The molecular weight excluding hydrogens is 447 g/mol. The Kier molecular flexibility index (Phi) is 6.51.